The van der Waals surface area contributed by atoms with Crippen LogP contribution in [0.1, 0.15) is 0 Å². The summed E-state index contributed by atoms with van der Waals surface area (Å²) in [5.74, 6) is 0. The molecule has 0 atom stereocenters. The Morgan fingerprint density at radius 2 is 1.83 bits per heavy atom. The number of anilines is 3. The van der Waals surface area contributed by atoms with E-state index in [2.05, 4.69) is 49.8 Å². The molecular formula is C22H22N6O. The van der Waals surface area contributed by atoms with Gasteiger partial charge in [0.15, 0.2) is 5.65 Å². The topological polar surface area (TPSA) is 77.5 Å². The summed E-state index contributed by atoms with van der Waals surface area (Å²) in [6, 6.07) is 16.0. The third-order valence-corrected chi connectivity index (χ3v) is 5.25. The summed E-state index contributed by atoms with van der Waals surface area (Å²) >= 11 is 0. The molecule has 1 saturated heterocycles. The fraction of sp³-hybridized carbons (Fsp3) is 0.182. The first-order valence-corrected chi connectivity index (χ1v) is 9.76. The Hall–Kier alpha value is -3.58. The predicted octanol–water partition coefficient (Wildman–Crippen LogP) is 2.84. The minimum Gasteiger partial charge on any atom is -0.369 e. The van der Waals surface area contributed by atoms with E-state index in [1.165, 1.54) is 5.69 Å². The molecule has 4 heterocycles. The zero-order valence-corrected chi connectivity index (χ0v) is 15.9. The fourth-order valence-electron chi connectivity index (χ4n) is 3.79. The monoisotopic (exact) mass is 386 g/mol. The van der Waals surface area contributed by atoms with Crippen molar-refractivity contribution in [2.24, 2.45) is 0 Å². The molecule has 0 saturated carbocycles. The van der Waals surface area contributed by atoms with E-state index in [1.807, 2.05) is 28.8 Å². The molecule has 5 rings (SSSR count). The van der Waals surface area contributed by atoms with Gasteiger partial charge in [0, 0.05) is 67.8 Å². The van der Waals surface area contributed by atoms with Crippen LogP contribution in [0.5, 0.6) is 0 Å². The van der Waals surface area contributed by atoms with E-state index in [1.54, 1.807) is 18.5 Å². The third-order valence-electron chi connectivity index (χ3n) is 5.25. The van der Waals surface area contributed by atoms with Gasteiger partial charge in [0.1, 0.15) is 0 Å². The van der Waals surface area contributed by atoms with E-state index in [9.17, 15) is 4.79 Å². The van der Waals surface area contributed by atoms with Crippen molar-refractivity contribution < 1.29 is 0 Å². The SMILES string of the molecule is O=c1cc(-c2ccc(Nc3ccc(N4CCNCC4)cc3)c3nccn23)cc[nH]1. The molecule has 0 unspecified atom stereocenters. The van der Waals surface area contributed by atoms with Crippen molar-refractivity contribution in [2.45, 2.75) is 0 Å². The molecule has 1 aliphatic heterocycles. The molecule has 1 fully saturated rings. The first-order chi connectivity index (χ1) is 14.3. The zero-order valence-electron chi connectivity index (χ0n) is 15.9. The Morgan fingerprint density at radius 1 is 1.00 bits per heavy atom. The highest BCUT2D eigenvalue weighted by atomic mass is 16.1. The van der Waals surface area contributed by atoms with Gasteiger partial charge in [0.2, 0.25) is 5.56 Å². The van der Waals surface area contributed by atoms with Gasteiger partial charge in [-0.2, -0.15) is 0 Å². The number of nitrogens with one attached hydrogen (secondary N) is 3. The van der Waals surface area contributed by atoms with E-state index in [0.717, 1.165) is 54.5 Å². The summed E-state index contributed by atoms with van der Waals surface area (Å²) < 4.78 is 1.99. The minimum atomic E-state index is -0.123. The normalized spacial score (nSPS) is 14.3. The summed E-state index contributed by atoms with van der Waals surface area (Å²) in [5.41, 5.74) is 5.63. The Kier molecular flexibility index (Phi) is 4.50. The Bertz CT molecular complexity index is 1190. The molecule has 146 valence electrons. The molecule has 1 aromatic carbocycles. The highest BCUT2D eigenvalue weighted by Crippen LogP contribution is 2.27. The highest BCUT2D eigenvalue weighted by molar-refractivity contribution is 5.78. The van der Waals surface area contributed by atoms with Crippen LogP contribution in [0.2, 0.25) is 0 Å². The highest BCUT2D eigenvalue weighted by Gasteiger charge is 2.12. The summed E-state index contributed by atoms with van der Waals surface area (Å²) in [4.78, 5) is 21.3. The third kappa shape index (κ3) is 3.48. The van der Waals surface area contributed by atoms with E-state index in [4.69, 9.17) is 0 Å². The van der Waals surface area contributed by atoms with E-state index in [0.29, 0.717) is 0 Å². The first kappa shape index (κ1) is 17.5. The maximum absolute atomic E-state index is 11.7. The van der Waals surface area contributed by atoms with Gasteiger partial charge in [0.25, 0.3) is 0 Å². The van der Waals surface area contributed by atoms with Gasteiger partial charge in [-0.1, -0.05) is 0 Å². The quantitative estimate of drug-likeness (QED) is 0.503. The fourth-order valence-corrected chi connectivity index (χ4v) is 3.79. The Labute approximate surface area is 168 Å². The number of imidazole rings is 1. The van der Waals surface area contributed by atoms with E-state index < -0.39 is 0 Å². The van der Waals surface area contributed by atoms with Gasteiger partial charge >= 0.3 is 0 Å². The van der Waals surface area contributed by atoms with Crippen LogP contribution in [0, 0.1) is 0 Å². The second-order valence-electron chi connectivity index (χ2n) is 7.10. The maximum atomic E-state index is 11.7. The molecule has 0 radical (unpaired) electrons. The van der Waals surface area contributed by atoms with Crippen LogP contribution in [0.4, 0.5) is 17.1 Å². The van der Waals surface area contributed by atoms with Crippen LogP contribution < -0.4 is 21.1 Å². The Balaban J connectivity index is 1.43. The number of rotatable bonds is 4. The summed E-state index contributed by atoms with van der Waals surface area (Å²) in [6.07, 6.45) is 5.34. The van der Waals surface area contributed by atoms with Crippen molar-refractivity contribution in [3.8, 4) is 11.3 Å². The van der Waals surface area contributed by atoms with Crippen molar-refractivity contribution in [1.82, 2.24) is 19.7 Å². The number of piperazine rings is 1. The maximum Gasteiger partial charge on any atom is 0.248 e. The molecule has 0 amide bonds. The average molecular weight is 386 g/mol. The zero-order chi connectivity index (χ0) is 19.6. The van der Waals surface area contributed by atoms with Crippen LogP contribution in [-0.4, -0.2) is 40.5 Å². The summed E-state index contributed by atoms with van der Waals surface area (Å²) in [5, 5.41) is 6.85. The van der Waals surface area contributed by atoms with Gasteiger partial charge in [-0.25, -0.2) is 4.98 Å². The lowest BCUT2D eigenvalue weighted by molar-refractivity contribution is 0.589. The lowest BCUT2D eigenvalue weighted by Crippen LogP contribution is -2.43. The van der Waals surface area contributed by atoms with Gasteiger partial charge < -0.3 is 20.5 Å². The number of benzene rings is 1. The number of hydrogen-bond acceptors (Lipinski definition) is 5. The average Bonchev–Trinajstić information content (AvgIpc) is 3.26. The largest absolute Gasteiger partial charge is 0.369 e. The molecular weight excluding hydrogens is 364 g/mol. The predicted molar refractivity (Wildman–Crippen MR) is 116 cm³/mol. The van der Waals surface area contributed by atoms with Crippen molar-refractivity contribution >= 4 is 22.7 Å². The van der Waals surface area contributed by atoms with Crippen LogP contribution in [0.15, 0.2) is 71.9 Å². The smallest absolute Gasteiger partial charge is 0.248 e. The molecule has 4 aromatic rings. The standard InChI is InChI=1S/C22H22N6O/c29-21-15-16(7-8-24-21)20-6-5-19(22-25-11-14-28(20)22)26-17-1-3-18(4-2-17)27-12-9-23-10-13-27/h1-8,11,14-15,23,26H,9-10,12-13H2,(H,24,29). The lowest BCUT2D eigenvalue weighted by atomic mass is 10.1. The van der Waals surface area contributed by atoms with Crippen molar-refractivity contribution in [3.05, 3.63) is 77.5 Å². The van der Waals surface area contributed by atoms with Gasteiger partial charge in [0.05, 0.1) is 11.4 Å². The molecule has 1 aliphatic rings. The van der Waals surface area contributed by atoms with Crippen molar-refractivity contribution in [3.63, 3.8) is 0 Å². The van der Waals surface area contributed by atoms with E-state index in [-0.39, 0.29) is 5.56 Å². The van der Waals surface area contributed by atoms with Crippen LogP contribution in [0.3, 0.4) is 0 Å². The molecule has 0 aliphatic carbocycles. The van der Waals surface area contributed by atoms with Crippen LogP contribution in [-0.2, 0) is 0 Å². The summed E-state index contributed by atoms with van der Waals surface area (Å²) in [6.45, 7) is 4.12. The van der Waals surface area contributed by atoms with Gasteiger partial charge in [-0.3, -0.25) is 9.20 Å². The number of aromatic amines is 1. The second kappa shape index (κ2) is 7.44. The van der Waals surface area contributed by atoms with Gasteiger partial charge in [-0.05, 0) is 42.5 Å². The van der Waals surface area contributed by atoms with Gasteiger partial charge in [-0.15, -0.1) is 0 Å². The molecule has 7 heteroatoms. The number of pyridine rings is 2. The first-order valence-electron chi connectivity index (χ1n) is 9.76. The number of hydrogen-bond donors (Lipinski definition) is 3. The second-order valence-corrected chi connectivity index (χ2v) is 7.10. The Morgan fingerprint density at radius 3 is 2.62 bits per heavy atom. The molecule has 29 heavy (non-hydrogen) atoms. The number of fused-ring (bicyclic) bond motifs is 1. The van der Waals surface area contributed by atoms with Crippen molar-refractivity contribution in [1.29, 1.82) is 0 Å². The molecule has 3 aromatic heterocycles. The number of aromatic nitrogens is 3. The van der Waals surface area contributed by atoms with Crippen LogP contribution in [0.25, 0.3) is 16.9 Å². The van der Waals surface area contributed by atoms with Crippen LogP contribution >= 0.6 is 0 Å². The number of H-pyrrole nitrogens is 1. The lowest BCUT2D eigenvalue weighted by Gasteiger charge is -2.29. The van der Waals surface area contributed by atoms with E-state index >= 15 is 0 Å². The summed E-state index contributed by atoms with van der Waals surface area (Å²) in [7, 11) is 0. The molecule has 0 bridgehead atoms. The molecule has 3 N–H and O–H groups in total. The number of nitrogens with zero attached hydrogens (tertiary/aromatic N) is 3. The molecule has 7 nitrogen and oxygen atoms in total. The van der Waals surface area contributed by atoms with Crippen molar-refractivity contribution in [2.75, 3.05) is 36.4 Å². The molecule has 0 spiro atoms. The minimum absolute atomic E-state index is 0.123.